The van der Waals surface area contributed by atoms with E-state index in [0.717, 1.165) is 0 Å². The van der Waals surface area contributed by atoms with E-state index in [2.05, 4.69) is 5.32 Å². The summed E-state index contributed by atoms with van der Waals surface area (Å²) in [6.45, 7) is 2.43. The number of nitrogens with one attached hydrogen (secondary N) is 1. The first kappa shape index (κ1) is 19.2. The van der Waals surface area contributed by atoms with Gasteiger partial charge in [0.25, 0.3) is 0 Å². The molecule has 3 N–H and O–H groups in total. The second kappa shape index (κ2) is 9.36. The summed E-state index contributed by atoms with van der Waals surface area (Å²) < 4.78 is 5.33. The number of ketones is 1. The molecule has 6 heteroatoms. The third-order valence-electron chi connectivity index (χ3n) is 3.79. The van der Waals surface area contributed by atoms with Crippen molar-refractivity contribution in [1.82, 2.24) is 5.32 Å². The van der Waals surface area contributed by atoms with Crippen molar-refractivity contribution in [2.24, 2.45) is 5.73 Å². The highest BCUT2D eigenvalue weighted by molar-refractivity contribution is 5.98. The number of nitrogens with two attached hydrogens (primary N) is 1. The van der Waals surface area contributed by atoms with Crippen molar-refractivity contribution in [1.29, 1.82) is 0 Å². The van der Waals surface area contributed by atoms with E-state index < -0.39 is 17.9 Å². The summed E-state index contributed by atoms with van der Waals surface area (Å²) >= 11 is 0. The molecule has 0 spiro atoms. The van der Waals surface area contributed by atoms with Crippen LogP contribution in [0.2, 0.25) is 0 Å². The number of primary amides is 1. The summed E-state index contributed by atoms with van der Waals surface area (Å²) in [5.41, 5.74) is 6.48. The zero-order valence-electron chi connectivity index (χ0n) is 14.6. The van der Waals surface area contributed by atoms with Gasteiger partial charge in [0.05, 0.1) is 6.61 Å². The maximum absolute atomic E-state index is 12.2. The maximum Gasteiger partial charge on any atom is 0.244 e. The number of hydrogen-bond donors (Lipinski definition) is 2. The molecule has 0 aliphatic heterocycles. The average Bonchev–Trinajstić information content (AvgIpc) is 2.65. The summed E-state index contributed by atoms with van der Waals surface area (Å²) in [5, 5.41) is 2.58. The van der Waals surface area contributed by atoms with Gasteiger partial charge < -0.3 is 15.8 Å². The topological polar surface area (TPSA) is 98.5 Å². The van der Waals surface area contributed by atoms with Crippen LogP contribution in [0.3, 0.4) is 0 Å². The molecule has 26 heavy (non-hydrogen) atoms. The number of benzene rings is 2. The van der Waals surface area contributed by atoms with Crippen LogP contribution < -0.4 is 15.8 Å². The lowest BCUT2D eigenvalue weighted by molar-refractivity contribution is -0.127. The molecule has 2 aromatic carbocycles. The number of carbonyl (C=O) groups is 3. The second-order valence-corrected chi connectivity index (χ2v) is 5.69. The standard InChI is InChI=1S/C20H22N2O4/c1-2-26-16-10-8-14(9-11-16)17(23)12-13-18(24)22-19(20(21)25)15-6-4-3-5-7-15/h3-11,19H,2,12-13H2,1H3,(H2,21,25)(H,22,24). The number of Topliss-reactive ketones (excluding diaryl/α,β-unsaturated/α-hetero) is 1. The van der Waals surface area contributed by atoms with Crippen LogP contribution in [-0.2, 0) is 9.59 Å². The molecule has 2 amide bonds. The minimum absolute atomic E-state index is 0.0251. The third kappa shape index (κ3) is 5.44. The molecule has 0 heterocycles. The summed E-state index contributed by atoms with van der Waals surface area (Å²) in [5.74, 6) is -0.521. The van der Waals surface area contributed by atoms with E-state index >= 15 is 0 Å². The first-order valence-electron chi connectivity index (χ1n) is 8.41. The maximum atomic E-state index is 12.2. The quantitative estimate of drug-likeness (QED) is 0.676. The van der Waals surface area contributed by atoms with Crippen LogP contribution in [0.15, 0.2) is 54.6 Å². The van der Waals surface area contributed by atoms with Gasteiger partial charge in [0, 0.05) is 18.4 Å². The van der Waals surface area contributed by atoms with Gasteiger partial charge in [-0.3, -0.25) is 14.4 Å². The first-order chi connectivity index (χ1) is 12.5. The molecule has 0 bridgehead atoms. The number of carbonyl (C=O) groups excluding carboxylic acids is 3. The summed E-state index contributed by atoms with van der Waals surface area (Å²) in [4.78, 5) is 35.9. The van der Waals surface area contributed by atoms with Crippen molar-refractivity contribution in [2.75, 3.05) is 6.61 Å². The third-order valence-corrected chi connectivity index (χ3v) is 3.79. The molecule has 0 aromatic heterocycles. The van der Waals surface area contributed by atoms with E-state index in [1.54, 1.807) is 54.6 Å². The number of rotatable bonds is 9. The molecule has 136 valence electrons. The van der Waals surface area contributed by atoms with Gasteiger partial charge in [-0.2, -0.15) is 0 Å². The van der Waals surface area contributed by atoms with Gasteiger partial charge in [-0.15, -0.1) is 0 Å². The fourth-order valence-electron chi connectivity index (χ4n) is 2.47. The Kier molecular flexibility index (Phi) is 6.91. The Labute approximate surface area is 152 Å². The SMILES string of the molecule is CCOc1ccc(C(=O)CCC(=O)NC(C(N)=O)c2ccccc2)cc1. The average molecular weight is 354 g/mol. The number of amides is 2. The Balaban J connectivity index is 1.90. The van der Waals surface area contributed by atoms with Crippen LogP contribution >= 0.6 is 0 Å². The second-order valence-electron chi connectivity index (χ2n) is 5.69. The molecule has 0 fully saturated rings. The number of hydrogen-bond acceptors (Lipinski definition) is 4. The van der Waals surface area contributed by atoms with Crippen LogP contribution in [-0.4, -0.2) is 24.2 Å². The van der Waals surface area contributed by atoms with Crippen molar-refractivity contribution in [3.8, 4) is 5.75 Å². The van der Waals surface area contributed by atoms with Crippen molar-refractivity contribution < 1.29 is 19.1 Å². The van der Waals surface area contributed by atoms with Crippen LogP contribution in [0.25, 0.3) is 0 Å². The highest BCUT2D eigenvalue weighted by atomic mass is 16.5. The van der Waals surface area contributed by atoms with Crippen LogP contribution in [0.4, 0.5) is 0 Å². The first-order valence-corrected chi connectivity index (χ1v) is 8.41. The van der Waals surface area contributed by atoms with E-state index in [1.165, 1.54) is 0 Å². The van der Waals surface area contributed by atoms with E-state index in [0.29, 0.717) is 23.5 Å². The molecule has 1 unspecified atom stereocenters. The van der Waals surface area contributed by atoms with E-state index in [9.17, 15) is 14.4 Å². The fourth-order valence-corrected chi connectivity index (χ4v) is 2.47. The Morgan fingerprint density at radius 3 is 2.23 bits per heavy atom. The van der Waals surface area contributed by atoms with Gasteiger partial charge in [-0.05, 0) is 36.8 Å². The Morgan fingerprint density at radius 1 is 1.00 bits per heavy atom. The van der Waals surface area contributed by atoms with Gasteiger partial charge in [-0.25, -0.2) is 0 Å². The molecule has 2 aromatic rings. The summed E-state index contributed by atoms with van der Waals surface area (Å²) in [6.07, 6.45) is 0.0166. The van der Waals surface area contributed by atoms with E-state index in [1.807, 2.05) is 6.92 Å². The lowest BCUT2D eigenvalue weighted by Gasteiger charge is -2.15. The molecule has 0 radical (unpaired) electrons. The minimum atomic E-state index is -0.913. The van der Waals surface area contributed by atoms with Gasteiger partial charge in [-0.1, -0.05) is 30.3 Å². The Bertz CT molecular complexity index is 757. The zero-order valence-corrected chi connectivity index (χ0v) is 14.6. The smallest absolute Gasteiger partial charge is 0.244 e. The molecule has 0 saturated carbocycles. The predicted octanol–water partition coefficient (Wildman–Crippen LogP) is 2.39. The number of ether oxygens (including phenoxy) is 1. The predicted molar refractivity (Wildman–Crippen MR) is 97.7 cm³/mol. The normalized spacial score (nSPS) is 11.4. The van der Waals surface area contributed by atoms with Crippen molar-refractivity contribution >= 4 is 17.6 Å². The minimum Gasteiger partial charge on any atom is -0.494 e. The lowest BCUT2D eigenvalue weighted by Crippen LogP contribution is -2.37. The van der Waals surface area contributed by atoms with Crippen LogP contribution in [0.5, 0.6) is 5.75 Å². The molecular formula is C20H22N2O4. The van der Waals surface area contributed by atoms with Gasteiger partial charge in [0.15, 0.2) is 5.78 Å². The molecule has 6 nitrogen and oxygen atoms in total. The largest absolute Gasteiger partial charge is 0.494 e. The fraction of sp³-hybridized carbons (Fsp3) is 0.250. The van der Waals surface area contributed by atoms with Crippen molar-refractivity contribution in [2.45, 2.75) is 25.8 Å². The zero-order chi connectivity index (χ0) is 18.9. The monoisotopic (exact) mass is 354 g/mol. The summed E-state index contributed by atoms with van der Waals surface area (Å²) in [6, 6.07) is 14.6. The molecule has 0 aliphatic carbocycles. The molecule has 0 aliphatic rings. The Morgan fingerprint density at radius 2 is 1.65 bits per heavy atom. The van der Waals surface area contributed by atoms with Gasteiger partial charge in [0.1, 0.15) is 11.8 Å². The van der Waals surface area contributed by atoms with Crippen LogP contribution in [0, 0.1) is 0 Å². The summed E-state index contributed by atoms with van der Waals surface area (Å²) in [7, 11) is 0. The Hall–Kier alpha value is -3.15. The molecule has 2 rings (SSSR count). The van der Waals surface area contributed by atoms with Gasteiger partial charge in [0.2, 0.25) is 11.8 Å². The molecular weight excluding hydrogens is 332 g/mol. The highest BCUT2D eigenvalue weighted by Crippen LogP contribution is 2.15. The van der Waals surface area contributed by atoms with Crippen molar-refractivity contribution in [3.63, 3.8) is 0 Å². The van der Waals surface area contributed by atoms with Crippen molar-refractivity contribution in [3.05, 3.63) is 65.7 Å². The van der Waals surface area contributed by atoms with E-state index in [4.69, 9.17) is 10.5 Å². The molecule has 0 saturated heterocycles. The van der Waals surface area contributed by atoms with E-state index in [-0.39, 0.29) is 18.6 Å². The lowest BCUT2D eigenvalue weighted by atomic mass is 10.0. The molecule has 1 atom stereocenters. The van der Waals surface area contributed by atoms with Crippen LogP contribution in [0.1, 0.15) is 41.7 Å². The highest BCUT2D eigenvalue weighted by Gasteiger charge is 2.20. The van der Waals surface area contributed by atoms with Gasteiger partial charge >= 0.3 is 0 Å².